The highest BCUT2D eigenvalue weighted by atomic mass is 35.5. The molecule has 1 aliphatic heterocycles. The van der Waals surface area contributed by atoms with Crippen molar-refractivity contribution in [1.29, 1.82) is 0 Å². The van der Waals surface area contributed by atoms with E-state index in [2.05, 4.69) is 20.4 Å². The number of ether oxygens (including phenoxy) is 1. The van der Waals surface area contributed by atoms with Crippen LogP contribution in [0.2, 0.25) is 10.0 Å². The average Bonchev–Trinajstić information content (AvgIpc) is 3.51. The number of nitrogens with zero attached hydrogens (tertiary/aromatic N) is 5. The second-order valence-corrected chi connectivity index (χ2v) is 10.9. The van der Waals surface area contributed by atoms with Gasteiger partial charge in [0.15, 0.2) is 11.6 Å². The van der Waals surface area contributed by atoms with Gasteiger partial charge in [0.05, 0.1) is 40.1 Å². The predicted molar refractivity (Wildman–Crippen MR) is 145 cm³/mol. The van der Waals surface area contributed by atoms with Crippen LogP contribution in [0.5, 0.6) is 5.75 Å². The Balaban J connectivity index is 1.59. The van der Waals surface area contributed by atoms with E-state index in [9.17, 15) is 5.11 Å². The molecule has 194 valence electrons. The summed E-state index contributed by atoms with van der Waals surface area (Å²) in [6, 6.07) is 5.24. The lowest BCUT2D eigenvalue weighted by atomic mass is 10.1. The Morgan fingerprint density at radius 2 is 2.00 bits per heavy atom. The molecule has 1 aromatic carbocycles. The molecule has 37 heavy (non-hydrogen) atoms. The van der Waals surface area contributed by atoms with Crippen molar-refractivity contribution < 1.29 is 14.4 Å². The van der Waals surface area contributed by atoms with Gasteiger partial charge < -0.3 is 24.6 Å². The molecule has 12 heteroatoms. The van der Waals surface area contributed by atoms with E-state index < -0.39 is 6.10 Å². The quantitative estimate of drug-likeness (QED) is 0.308. The van der Waals surface area contributed by atoms with Crippen LogP contribution in [0, 0.1) is 20.8 Å². The van der Waals surface area contributed by atoms with Crippen molar-refractivity contribution in [2.45, 2.75) is 40.0 Å². The molecule has 5 rings (SSSR count). The number of likely N-dealkylation sites (N-methyl/N-ethyl adjacent to an activating group) is 1. The molecule has 0 bridgehead atoms. The van der Waals surface area contributed by atoms with Gasteiger partial charge in [-0.25, -0.2) is 15.0 Å². The van der Waals surface area contributed by atoms with Gasteiger partial charge in [-0.05, 0) is 46.0 Å². The number of aliphatic hydroxyl groups excluding tert-OH is 1. The standard InChI is InChI=1S/C25H26Cl2N6O3S/c1-12-21(13(2)36-32-12)23-22(27)25(33-9-19-20(10-33)37-14(3)29-19)31-24(30-23)17-7-16(5-6-18(17)26)35-11-15(34)8-28-4/h5-7,15,28,34H,8-11H2,1-4H3. The van der Waals surface area contributed by atoms with Gasteiger partial charge in [0.25, 0.3) is 0 Å². The highest BCUT2D eigenvalue weighted by Crippen LogP contribution is 2.42. The number of anilines is 1. The molecule has 0 amide bonds. The van der Waals surface area contributed by atoms with Crippen molar-refractivity contribution in [3.8, 4) is 28.4 Å². The van der Waals surface area contributed by atoms with Crippen LogP contribution in [-0.4, -0.2) is 51.5 Å². The van der Waals surface area contributed by atoms with Crippen LogP contribution in [0.1, 0.15) is 27.0 Å². The monoisotopic (exact) mass is 560 g/mol. The third-order valence-corrected chi connectivity index (χ3v) is 7.70. The highest BCUT2D eigenvalue weighted by Gasteiger charge is 2.29. The first kappa shape index (κ1) is 25.9. The van der Waals surface area contributed by atoms with Gasteiger partial charge in [0.1, 0.15) is 34.9 Å². The molecule has 0 fully saturated rings. The minimum absolute atomic E-state index is 0.127. The molecule has 0 saturated carbocycles. The van der Waals surface area contributed by atoms with Crippen LogP contribution < -0.4 is 15.0 Å². The van der Waals surface area contributed by atoms with Gasteiger partial charge in [0, 0.05) is 17.0 Å². The average molecular weight is 561 g/mol. The molecule has 0 aliphatic carbocycles. The van der Waals surface area contributed by atoms with E-state index in [-0.39, 0.29) is 6.61 Å². The lowest BCUT2D eigenvalue weighted by molar-refractivity contribution is 0.108. The number of aliphatic hydroxyl groups is 1. The van der Waals surface area contributed by atoms with Gasteiger partial charge in [-0.1, -0.05) is 28.4 Å². The Morgan fingerprint density at radius 3 is 2.70 bits per heavy atom. The molecule has 3 aromatic heterocycles. The van der Waals surface area contributed by atoms with E-state index in [1.807, 2.05) is 20.8 Å². The van der Waals surface area contributed by atoms with Crippen molar-refractivity contribution in [2.24, 2.45) is 0 Å². The van der Waals surface area contributed by atoms with Crippen LogP contribution in [-0.2, 0) is 13.1 Å². The molecule has 0 radical (unpaired) electrons. The van der Waals surface area contributed by atoms with E-state index in [1.165, 1.54) is 4.88 Å². The molecule has 2 N–H and O–H groups in total. The normalized spacial score (nSPS) is 13.8. The van der Waals surface area contributed by atoms with E-state index in [4.69, 9.17) is 42.4 Å². The molecule has 4 heterocycles. The van der Waals surface area contributed by atoms with Gasteiger partial charge in [-0.3, -0.25) is 0 Å². The van der Waals surface area contributed by atoms with Crippen molar-refractivity contribution in [3.63, 3.8) is 0 Å². The number of halogens is 2. The Morgan fingerprint density at radius 1 is 1.19 bits per heavy atom. The maximum atomic E-state index is 10.0. The van der Waals surface area contributed by atoms with E-state index in [0.717, 1.165) is 16.3 Å². The number of hydrogen-bond acceptors (Lipinski definition) is 10. The van der Waals surface area contributed by atoms with Crippen LogP contribution in [0.3, 0.4) is 0 Å². The van der Waals surface area contributed by atoms with Crippen molar-refractivity contribution >= 4 is 40.4 Å². The lowest BCUT2D eigenvalue weighted by Gasteiger charge is -2.21. The Labute approximate surface area is 228 Å². The minimum atomic E-state index is -0.651. The second-order valence-electron chi connectivity index (χ2n) is 8.86. The summed E-state index contributed by atoms with van der Waals surface area (Å²) in [6.07, 6.45) is -0.651. The Bertz CT molecular complexity index is 1410. The highest BCUT2D eigenvalue weighted by molar-refractivity contribution is 7.11. The van der Waals surface area contributed by atoms with Crippen LogP contribution in [0.4, 0.5) is 5.82 Å². The summed E-state index contributed by atoms with van der Waals surface area (Å²) in [7, 11) is 1.77. The summed E-state index contributed by atoms with van der Waals surface area (Å²) in [6.45, 7) is 7.47. The molecule has 1 unspecified atom stereocenters. The number of rotatable bonds is 8. The SMILES string of the molecule is CNCC(O)COc1ccc(Cl)c(-c2nc(-c3c(C)noc3C)c(Cl)c(N3Cc4nc(C)sc4C3)n2)c1. The summed E-state index contributed by atoms with van der Waals surface area (Å²) in [5.41, 5.74) is 3.53. The summed E-state index contributed by atoms with van der Waals surface area (Å²) in [5, 5.41) is 18.9. The number of aromatic nitrogens is 4. The fraction of sp³-hybridized carbons (Fsp3) is 0.360. The maximum Gasteiger partial charge on any atom is 0.163 e. The maximum absolute atomic E-state index is 10.0. The number of aryl methyl sites for hydroxylation is 3. The zero-order valence-electron chi connectivity index (χ0n) is 20.8. The van der Waals surface area contributed by atoms with E-state index >= 15 is 0 Å². The molecular formula is C25H26Cl2N6O3S. The topological polar surface area (TPSA) is 109 Å². The summed E-state index contributed by atoms with van der Waals surface area (Å²) in [5.74, 6) is 2.11. The number of benzene rings is 1. The molecule has 1 atom stereocenters. The Kier molecular flexibility index (Phi) is 7.37. The van der Waals surface area contributed by atoms with Gasteiger partial charge in [-0.2, -0.15) is 0 Å². The first-order chi connectivity index (χ1) is 17.7. The number of hydrogen-bond donors (Lipinski definition) is 2. The smallest absolute Gasteiger partial charge is 0.163 e. The predicted octanol–water partition coefficient (Wildman–Crippen LogP) is 4.97. The molecular weight excluding hydrogens is 535 g/mol. The summed E-state index contributed by atoms with van der Waals surface area (Å²) >= 11 is 15.3. The van der Waals surface area contributed by atoms with Crippen molar-refractivity contribution in [3.05, 3.63) is 55.3 Å². The summed E-state index contributed by atoms with van der Waals surface area (Å²) < 4.78 is 11.2. The molecule has 0 spiro atoms. The van der Waals surface area contributed by atoms with Crippen molar-refractivity contribution in [1.82, 2.24) is 25.4 Å². The molecule has 4 aromatic rings. The fourth-order valence-corrected chi connectivity index (χ4v) is 5.79. The Hall–Kier alpha value is -2.76. The van der Waals surface area contributed by atoms with Crippen LogP contribution in [0.15, 0.2) is 22.7 Å². The lowest BCUT2D eigenvalue weighted by Crippen LogP contribution is -2.29. The van der Waals surface area contributed by atoms with Crippen LogP contribution >= 0.6 is 34.5 Å². The van der Waals surface area contributed by atoms with E-state index in [1.54, 1.807) is 36.6 Å². The first-order valence-electron chi connectivity index (χ1n) is 11.7. The molecule has 9 nitrogen and oxygen atoms in total. The number of fused-ring (bicyclic) bond motifs is 1. The van der Waals surface area contributed by atoms with Gasteiger partial charge in [0.2, 0.25) is 0 Å². The fourth-order valence-electron chi connectivity index (χ4n) is 4.32. The third kappa shape index (κ3) is 5.17. The number of thiazole rings is 1. The second kappa shape index (κ2) is 10.5. The van der Waals surface area contributed by atoms with Crippen molar-refractivity contribution in [2.75, 3.05) is 25.1 Å². The largest absolute Gasteiger partial charge is 0.491 e. The molecule has 1 aliphatic rings. The number of nitrogens with one attached hydrogen (secondary N) is 1. The molecule has 0 saturated heterocycles. The summed E-state index contributed by atoms with van der Waals surface area (Å²) in [4.78, 5) is 17.6. The van der Waals surface area contributed by atoms with E-state index in [0.29, 0.717) is 69.8 Å². The third-order valence-electron chi connectivity index (χ3n) is 6.02. The minimum Gasteiger partial charge on any atom is -0.491 e. The van der Waals surface area contributed by atoms with Crippen LogP contribution in [0.25, 0.3) is 22.6 Å². The van der Waals surface area contributed by atoms with Gasteiger partial charge in [-0.15, -0.1) is 11.3 Å². The zero-order chi connectivity index (χ0) is 26.3. The zero-order valence-corrected chi connectivity index (χ0v) is 23.1. The van der Waals surface area contributed by atoms with Gasteiger partial charge >= 0.3 is 0 Å². The first-order valence-corrected chi connectivity index (χ1v) is 13.3.